The summed E-state index contributed by atoms with van der Waals surface area (Å²) in [5, 5.41) is 3.21. The lowest BCUT2D eigenvalue weighted by Crippen LogP contribution is -2.01. The average molecular weight is 157 g/mol. The molecular formula is C11H11N. The monoisotopic (exact) mass is 157 g/mol. The maximum atomic E-state index is 3.84. The van der Waals surface area contributed by atoms with Gasteiger partial charge in [0.05, 0.1) is 0 Å². The summed E-state index contributed by atoms with van der Waals surface area (Å²) in [7, 11) is 0. The highest BCUT2D eigenvalue weighted by Crippen LogP contribution is 2.24. The van der Waals surface area contributed by atoms with Crippen molar-refractivity contribution in [1.29, 1.82) is 0 Å². The second-order valence-electron chi connectivity index (χ2n) is 3.07. The lowest BCUT2D eigenvalue weighted by Gasteiger charge is -2.14. The zero-order valence-corrected chi connectivity index (χ0v) is 7.09. The van der Waals surface area contributed by atoms with Crippen molar-refractivity contribution < 1.29 is 0 Å². The van der Waals surface area contributed by atoms with E-state index in [-0.39, 0.29) is 0 Å². The molecule has 1 aliphatic rings. The standard InChI is InChI=1S/C11H11N/c1-8-3-6-11-10(7-8)5-4-9(2)12-11/h3-7,12H,2H2,1H3. The fourth-order valence-corrected chi connectivity index (χ4v) is 1.34. The third-order valence-electron chi connectivity index (χ3n) is 1.97. The van der Waals surface area contributed by atoms with Gasteiger partial charge >= 0.3 is 0 Å². The largest absolute Gasteiger partial charge is 0.356 e. The van der Waals surface area contributed by atoms with Crippen LogP contribution in [0, 0.1) is 6.92 Å². The van der Waals surface area contributed by atoms with E-state index in [2.05, 4.69) is 43.1 Å². The average Bonchev–Trinajstić information content (AvgIpc) is 2.05. The van der Waals surface area contributed by atoms with E-state index in [4.69, 9.17) is 0 Å². The van der Waals surface area contributed by atoms with E-state index in [0.717, 1.165) is 11.4 Å². The zero-order chi connectivity index (χ0) is 8.55. The Hall–Kier alpha value is -1.50. The second kappa shape index (κ2) is 2.52. The van der Waals surface area contributed by atoms with Gasteiger partial charge in [-0.3, -0.25) is 0 Å². The first-order valence-electron chi connectivity index (χ1n) is 4.00. The highest BCUT2D eigenvalue weighted by Gasteiger charge is 2.04. The SMILES string of the molecule is C=C1C=Cc2cc(C)ccc2N1. The van der Waals surface area contributed by atoms with E-state index in [1.807, 2.05) is 6.08 Å². The molecule has 0 bridgehead atoms. The Labute approximate surface area is 72.4 Å². The second-order valence-corrected chi connectivity index (χ2v) is 3.07. The Morgan fingerprint density at radius 2 is 2.08 bits per heavy atom. The molecule has 1 N–H and O–H groups in total. The summed E-state index contributed by atoms with van der Waals surface area (Å²) in [4.78, 5) is 0. The van der Waals surface area contributed by atoms with E-state index in [1.165, 1.54) is 11.1 Å². The van der Waals surface area contributed by atoms with E-state index in [1.54, 1.807) is 0 Å². The van der Waals surface area contributed by atoms with Crippen LogP contribution >= 0.6 is 0 Å². The summed E-state index contributed by atoms with van der Waals surface area (Å²) in [5.41, 5.74) is 4.62. The van der Waals surface area contributed by atoms with Crippen LogP contribution in [0.4, 0.5) is 5.69 Å². The van der Waals surface area contributed by atoms with Gasteiger partial charge in [-0.05, 0) is 30.7 Å². The minimum Gasteiger partial charge on any atom is -0.356 e. The predicted molar refractivity (Wildman–Crippen MR) is 53.0 cm³/mol. The third kappa shape index (κ3) is 1.14. The topological polar surface area (TPSA) is 12.0 Å². The Kier molecular flexibility index (Phi) is 1.51. The highest BCUT2D eigenvalue weighted by atomic mass is 14.9. The van der Waals surface area contributed by atoms with Crippen molar-refractivity contribution in [3.8, 4) is 0 Å². The van der Waals surface area contributed by atoms with Crippen molar-refractivity contribution in [2.75, 3.05) is 5.32 Å². The van der Waals surface area contributed by atoms with E-state index < -0.39 is 0 Å². The van der Waals surface area contributed by atoms with Crippen molar-refractivity contribution in [2.24, 2.45) is 0 Å². The van der Waals surface area contributed by atoms with Gasteiger partial charge < -0.3 is 5.32 Å². The quantitative estimate of drug-likeness (QED) is 0.610. The summed E-state index contributed by atoms with van der Waals surface area (Å²) in [6.45, 7) is 5.93. The zero-order valence-electron chi connectivity index (χ0n) is 7.09. The fourth-order valence-electron chi connectivity index (χ4n) is 1.34. The Morgan fingerprint density at radius 3 is 2.92 bits per heavy atom. The molecule has 12 heavy (non-hydrogen) atoms. The Morgan fingerprint density at radius 1 is 1.25 bits per heavy atom. The van der Waals surface area contributed by atoms with Crippen LogP contribution < -0.4 is 5.32 Å². The maximum Gasteiger partial charge on any atom is 0.0457 e. The van der Waals surface area contributed by atoms with E-state index in [9.17, 15) is 0 Å². The minimum atomic E-state index is 0.950. The number of nitrogens with one attached hydrogen (secondary N) is 1. The first kappa shape index (κ1) is 7.17. The molecule has 0 aromatic heterocycles. The Balaban J connectivity index is 2.54. The summed E-state index contributed by atoms with van der Waals surface area (Å²) in [6.07, 6.45) is 4.07. The van der Waals surface area contributed by atoms with Gasteiger partial charge in [0.15, 0.2) is 0 Å². The van der Waals surface area contributed by atoms with Gasteiger partial charge in [0.2, 0.25) is 0 Å². The molecule has 0 radical (unpaired) electrons. The number of hydrogen-bond acceptors (Lipinski definition) is 1. The van der Waals surface area contributed by atoms with Crippen molar-refractivity contribution in [3.63, 3.8) is 0 Å². The maximum absolute atomic E-state index is 3.84. The molecule has 0 atom stereocenters. The number of aryl methyl sites for hydroxylation is 1. The minimum absolute atomic E-state index is 0.950. The molecule has 0 saturated carbocycles. The van der Waals surface area contributed by atoms with Crippen LogP contribution in [-0.2, 0) is 0 Å². The summed E-state index contributed by atoms with van der Waals surface area (Å²) in [5.74, 6) is 0. The smallest absolute Gasteiger partial charge is 0.0457 e. The van der Waals surface area contributed by atoms with Gasteiger partial charge in [-0.25, -0.2) is 0 Å². The van der Waals surface area contributed by atoms with Gasteiger partial charge in [-0.1, -0.05) is 24.3 Å². The Bertz CT molecular complexity index is 361. The lowest BCUT2D eigenvalue weighted by molar-refractivity contribution is 1.40. The molecule has 0 fully saturated rings. The first-order chi connectivity index (χ1) is 5.75. The van der Waals surface area contributed by atoms with Crippen molar-refractivity contribution in [1.82, 2.24) is 0 Å². The molecule has 60 valence electrons. The molecule has 0 aliphatic carbocycles. The molecular weight excluding hydrogens is 146 g/mol. The lowest BCUT2D eigenvalue weighted by atomic mass is 10.1. The number of benzene rings is 1. The highest BCUT2D eigenvalue weighted by molar-refractivity contribution is 5.74. The molecule has 1 nitrogen and oxygen atoms in total. The van der Waals surface area contributed by atoms with Crippen molar-refractivity contribution >= 4 is 11.8 Å². The van der Waals surface area contributed by atoms with Crippen LogP contribution in [0.5, 0.6) is 0 Å². The molecule has 0 saturated heterocycles. The van der Waals surface area contributed by atoms with Crippen LogP contribution in [0.1, 0.15) is 11.1 Å². The number of anilines is 1. The number of rotatable bonds is 0. The molecule has 0 unspecified atom stereocenters. The van der Waals surface area contributed by atoms with Crippen LogP contribution in [-0.4, -0.2) is 0 Å². The number of hydrogen-bond donors (Lipinski definition) is 1. The molecule has 1 heteroatoms. The van der Waals surface area contributed by atoms with Crippen LogP contribution in [0.15, 0.2) is 36.6 Å². The molecule has 0 spiro atoms. The van der Waals surface area contributed by atoms with Crippen molar-refractivity contribution in [3.05, 3.63) is 47.7 Å². The third-order valence-corrected chi connectivity index (χ3v) is 1.97. The molecule has 0 amide bonds. The molecule has 1 aromatic carbocycles. The number of fused-ring (bicyclic) bond motifs is 1. The normalized spacial score (nSPS) is 13.9. The molecule has 1 heterocycles. The van der Waals surface area contributed by atoms with Crippen LogP contribution in [0.25, 0.3) is 6.08 Å². The van der Waals surface area contributed by atoms with E-state index in [0.29, 0.717) is 0 Å². The molecule has 1 aromatic rings. The fraction of sp³-hybridized carbons (Fsp3) is 0.0909. The van der Waals surface area contributed by atoms with Crippen molar-refractivity contribution in [2.45, 2.75) is 6.92 Å². The van der Waals surface area contributed by atoms with Gasteiger partial charge in [0, 0.05) is 11.4 Å². The van der Waals surface area contributed by atoms with Gasteiger partial charge in [-0.15, -0.1) is 0 Å². The van der Waals surface area contributed by atoms with E-state index >= 15 is 0 Å². The van der Waals surface area contributed by atoms with Gasteiger partial charge in [0.25, 0.3) is 0 Å². The number of allylic oxidation sites excluding steroid dienone is 1. The first-order valence-corrected chi connectivity index (χ1v) is 4.00. The predicted octanol–water partition coefficient (Wildman–Crippen LogP) is 2.95. The van der Waals surface area contributed by atoms with Crippen LogP contribution in [0.2, 0.25) is 0 Å². The summed E-state index contributed by atoms with van der Waals surface area (Å²) >= 11 is 0. The molecule has 2 rings (SSSR count). The van der Waals surface area contributed by atoms with Crippen LogP contribution in [0.3, 0.4) is 0 Å². The van der Waals surface area contributed by atoms with Gasteiger partial charge in [0.1, 0.15) is 0 Å². The molecule has 1 aliphatic heterocycles. The van der Waals surface area contributed by atoms with Gasteiger partial charge in [-0.2, -0.15) is 0 Å². The summed E-state index contributed by atoms with van der Waals surface area (Å²) in [6, 6.07) is 6.34. The summed E-state index contributed by atoms with van der Waals surface area (Å²) < 4.78 is 0.